The van der Waals surface area contributed by atoms with E-state index in [0.29, 0.717) is 11.8 Å². The van der Waals surface area contributed by atoms with Crippen molar-refractivity contribution in [1.82, 2.24) is 0 Å². The molecule has 0 aromatic rings. The second-order valence-corrected chi connectivity index (χ2v) is 5.35. The lowest BCUT2D eigenvalue weighted by atomic mass is 9.49. The molecular formula is C11H17ClN2. The Morgan fingerprint density at radius 1 is 1.00 bits per heavy atom. The molecule has 4 aliphatic carbocycles. The first-order valence-corrected chi connectivity index (χ1v) is 5.42. The van der Waals surface area contributed by atoms with Crippen LogP contribution in [0.15, 0.2) is 0 Å². The van der Waals surface area contributed by atoms with Gasteiger partial charge in [-0.05, 0) is 55.8 Å². The van der Waals surface area contributed by atoms with Gasteiger partial charge in [0.05, 0.1) is 6.07 Å². The molecule has 0 aromatic carbocycles. The average Bonchev–Trinajstić information content (AvgIpc) is 2.13. The van der Waals surface area contributed by atoms with Gasteiger partial charge in [0.1, 0.15) is 5.54 Å². The molecule has 3 heteroatoms. The smallest absolute Gasteiger partial charge is 0.109 e. The van der Waals surface area contributed by atoms with Gasteiger partial charge >= 0.3 is 0 Å². The van der Waals surface area contributed by atoms with E-state index in [0.717, 1.165) is 11.8 Å². The van der Waals surface area contributed by atoms with E-state index in [2.05, 4.69) is 6.07 Å². The molecule has 4 fully saturated rings. The van der Waals surface area contributed by atoms with Crippen LogP contribution in [-0.4, -0.2) is 5.54 Å². The van der Waals surface area contributed by atoms with Crippen molar-refractivity contribution in [3.63, 3.8) is 0 Å². The molecule has 0 saturated heterocycles. The standard InChI is InChI=1S/C11H16N2.ClH/c12-6-11(13)9-2-7-1-8(4-9)5-10(11)3-7;/h7-10H,1-5,13H2;1H. The lowest BCUT2D eigenvalue weighted by molar-refractivity contribution is -0.0296. The van der Waals surface area contributed by atoms with Gasteiger partial charge in [-0.25, -0.2) is 0 Å². The van der Waals surface area contributed by atoms with Crippen LogP contribution in [0.5, 0.6) is 0 Å². The zero-order valence-corrected chi connectivity index (χ0v) is 9.09. The molecule has 0 radical (unpaired) electrons. The fourth-order valence-corrected chi connectivity index (χ4v) is 4.15. The number of hydrogen-bond donors (Lipinski definition) is 1. The Morgan fingerprint density at radius 3 is 1.79 bits per heavy atom. The molecular weight excluding hydrogens is 196 g/mol. The van der Waals surface area contributed by atoms with Crippen LogP contribution in [0.1, 0.15) is 32.1 Å². The minimum Gasteiger partial charge on any atom is -0.313 e. The van der Waals surface area contributed by atoms with Crippen LogP contribution in [0, 0.1) is 35.0 Å². The molecule has 2 nitrogen and oxygen atoms in total. The van der Waals surface area contributed by atoms with Gasteiger partial charge in [0.2, 0.25) is 0 Å². The fourth-order valence-electron chi connectivity index (χ4n) is 4.15. The third kappa shape index (κ3) is 1.12. The predicted molar refractivity (Wildman–Crippen MR) is 56.8 cm³/mol. The normalized spacial score (nSPS) is 53.7. The average molecular weight is 213 g/mol. The summed E-state index contributed by atoms with van der Waals surface area (Å²) in [5.74, 6) is 2.86. The van der Waals surface area contributed by atoms with Gasteiger partial charge in [-0.3, -0.25) is 0 Å². The van der Waals surface area contributed by atoms with Gasteiger partial charge in [0, 0.05) is 0 Å². The van der Waals surface area contributed by atoms with Crippen molar-refractivity contribution >= 4 is 12.4 Å². The van der Waals surface area contributed by atoms with E-state index in [-0.39, 0.29) is 12.4 Å². The lowest BCUT2D eigenvalue weighted by Crippen LogP contribution is -2.62. The monoisotopic (exact) mass is 212 g/mol. The van der Waals surface area contributed by atoms with Gasteiger partial charge in [0.25, 0.3) is 0 Å². The first-order valence-electron chi connectivity index (χ1n) is 5.42. The summed E-state index contributed by atoms with van der Waals surface area (Å²) in [5, 5.41) is 9.18. The molecule has 0 atom stereocenters. The van der Waals surface area contributed by atoms with Gasteiger partial charge in [0.15, 0.2) is 0 Å². The quantitative estimate of drug-likeness (QED) is 0.669. The first kappa shape index (κ1) is 10.3. The highest BCUT2D eigenvalue weighted by atomic mass is 35.5. The van der Waals surface area contributed by atoms with E-state index in [9.17, 15) is 5.26 Å². The SMILES string of the molecule is Cl.N#CC1(N)C2CC3CC(C2)CC1C3. The van der Waals surface area contributed by atoms with E-state index in [1.165, 1.54) is 32.1 Å². The molecule has 0 unspecified atom stereocenters. The summed E-state index contributed by atoms with van der Waals surface area (Å²) in [6.07, 6.45) is 6.36. The second-order valence-electron chi connectivity index (χ2n) is 5.35. The fraction of sp³-hybridized carbons (Fsp3) is 0.909. The van der Waals surface area contributed by atoms with Crippen LogP contribution < -0.4 is 5.73 Å². The molecule has 0 spiro atoms. The molecule has 2 N–H and O–H groups in total. The Kier molecular flexibility index (Phi) is 2.28. The predicted octanol–water partition coefficient (Wildman–Crippen LogP) is 2.09. The maximum Gasteiger partial charge on any atom is 0.109 e. The number of nitrogens with two attached hydrogens (primary N) is 1. The highest BCUT2D eigenvalue weighted by molar-refractivity contribution is 5.85. The van der Waals surface area contributed by atoms with Crippen molar-refractivity contribution in [2.75, 3.05) is 0 Å². The highest BCUT2D eigenvalue weighted by Gasteiger charge is 2.55. The van der Waals surface area contributed by atoms with Crippen LogP contribution in [-0.2, 0) is 0 Å². The van der Waals surface area contributed by atoms with Crippen LogP contribution in [0.25, 0.3) is 0 Å². The Labute approximate surface area is 91.3 Å². The van der Waals surface area contributed by atoms with E-state index in [4.69, 9.17) is 5.73 Å². The van der Waals surface area contributed by atoms with Crippen molar-refractivity contribution in [2.45, 2.75) is 37.6 Å². The van der Waals surface area contributed by atoms with Crippen molar-refractivity contribution in [2.24, 2.45) is 29.4 Å². The summed E-state index contributed by atoms with van der Waals surface area (Å²) < 4.78 is 0. The molecule has 14 heavy (non-hydrogen) atoms. The topological polar surface area (TPSA) is 49.8 Å². The summed E-state index contributed by atoms with van der Waals surface area (Å²) in [7, 11) is 0. The molecule has 4 bridgehead atoms. The van der Waals surface area contributed by atoms with Crippen molar-refractivity contribution in [3.8, 4) is 6.07 Å². The maximum absolute atomic E-state index is 9.18. The van der Waals surface area contributed by atoms with Crippen molar-refractivity contribution in [1.29, 1.82) is 5.26 Å². The second kappa shape index (κ2) is 3.12. The van der Waals surface area contributed by atoms with Gasteiger partial charge < -0.3 is 5.73 Å². The van der Waals surface area contributed by atoms with Crippen LogP contribution >= 0.6 is 12.4 Å². The molecule has 0 aromatic heterocycles. The van der Waals surface area contributed by atoms with Gasteiger partial charge in [-0.1, -0.05) is 0 Å². The Bertz CT molecular complexity index is 254. The number of halogens is 1. The molecule has 78 valence electrons. The van der Waals surface area contributed by atoms with Gasteiger partial charge in [-0.15, -0.1) is 12.4 Å². The van der Waals surface area contributed by atoms with E-state index in [1.807, 2.05) is 0 Å². The molecule has 4 saturated carbocycles. The lowest BCUT2D eigenvalue weighted by Gasteiger charge is -2.56. The van der Waals surface area contributed by atoms with Gasteiger partial charge in [-0.2, -0.15) is 5.26 Å². The molecule has 0 heterocycles. The summed E-state index contributed by atoms with van der Waals surface area (Å²) in [5.41, 5.74) is 5.78. The number of rotatable bonds is 0. The van der Waals surface area contributed by atoms with E-state index in [1.54, 1.807) is 0 Å². The Balaban J connectivity index is 0.000000750. The Hall–Kier alpha value is -0.260. The van der Waals surface area contributed by atoms with Crippen molar-refractivity contribution in [3.05, 3.63) is 0 Å². The third-order valence-electron chi connectivity index (χ3n) is 4.68. The third-order valence-corrected chi connectivity index (χ3v) is 4.68. The zero-order chi connectivity index (χ0) is 9.05. The molecule has 0 aliphatic heterocycles. The zero-order valence-electron chi connectivity index (χ0n) is 8.28. The summed E-state index contributed by atoms with van der Waals surface area (Å²) >= 11 is 0. The minimum absolute atomic E-state index is 0. The number of hydrogen-bond acceptors (Lipinski definition) is 2. The Morgan fingerprint density at radius 2 is 1.43 bits per heavy atom. The summed E-state index contributed by atoms with van der Waals surface area (Å²) in [4.78, 5) is 0. The van der Waals surface area contributed by atoms with Crippen LogP contribution in [0.3, 0.4) is 0 Å². The summed E-state index contributed by atoms with van der Waals surface area (Å²) in [6, 6.07) is 2.40. The molecule has 0 amide bonds. The maximum atomic E-state index is 9.18. The van der Waals surface area contributed by atoms with Crippen molar-refractivity contribution < 1.29 is 0 Å². The summed E-state index contributed by atoms with van der Waals surface area (Å²) in [6.45, 7) is 0. The highest BCUT2D eigenvalue weighted by Crippen LogP contribution is 2.57. The molecule has 4 aliphatic rings. The largest absolute Gasteiger partial charge is 0.313 e. The minimum atomic E-state index is -0.451. The first-order chi connectivity index (χ1) is 6.22. The van der Waals surface area contributed by atoms with Crippen LogP contribution in [0.4, 0.5) is 0 Å². The number of nitriles is 1. The van der Waals surface area contributed by atoms with Crippen LogP contribution in [0.2, 0.25) is 0 Å². The van der Waals surface area contributed by atoms with E-state index < -0.39 is 5.54 Å². The number of nitrogens with zero attached hydrogens (tertiary/aromatic N) is 1. The molecule has 4 rings (SSSR count). The van der Waals surface area contributed by atoms with E-state index >= 15 is 0 Å².